The van der Waals surface area contributed by atoms with Gasteiger partial charge in [0.05, 0.1) is 6.10 Å². The summed E-state index contributed by atoms with van der Waals surface area (Å²) in [6.07, 6.45) is 3.46. The van der Waals surface area contributed by atoms with Crippen LogP contribution in [0.2, 0.25) is 0 Å². The number of hydrogen-bond acceptors (Lipinski definition) is 3. The van der Waals surface area contributed by atoms with Gasteiger partial charge in [0.1, 0.15) is 0 Å². The topological polar surface area (TPSA) is 47.6 Å². The van der Waals surface area contributed by atoms with Crippen molar-refractivity contribution in [1.29, 1.82) is 0 Å². The third-order valence-corrected chi connectivity index (χ3v) is 3.14. The molecule has 1 aliphatic carbocycles. The van der Waals surface area contributed by atoms with Gasteiger partial charge >= 0.3 is 0 Å². The third-order valence-electron chi connectivity index (χ3n) is 3.14. The van der Waals surface area contributed by atoms with Crippen LogP contribution in [0, 0.1) is 5.82 Å². The summed E-state index contributed by atoms with van der Waals surface area (Å²) in [7, 11) is 0. The molecule has 19 heavy (non-hydrogen) atoms. The number of hydrogen-bond donors (Lipinski definition) is 1. The summed E-state index contributed by atoms with van der Waals surface area (Å²) in [4.78, 5) is 17.0. The highest BCUT2D eigenvalue weighted by molar-refractivity contribution is 5.79. The normalized spacial score (nSPS) is 17.2. The zero-order valence-corrected chi connectivity index (χ0v) is 10.9. The van der Waals surface area contributed by atoms with Crippen LogP contribution in [0.15, 0.2) is 24.3 Å². The largest absolute Gasteiger partial charge is 0.478 e. The van der Waals surface area contributed by atoms with E-state index in [9.17, 15) is 9.18 Å². The average molecular weight is 267 g/mol. The van der Waals surface area contributed by atoms with Crippen LogP contribution >= 0.6 is 0 Å². The summed E-state index contributed by atoms with van der Waals surface area (Å²) in [5.41, 5.74) is 2.38. The van der Waals surface area contributed by atoms with Crippen LogP contribution in [0.25, 0.3) is 0 Å². The van der Waals surface area contributed by atoms with Crippen LogP contribution in [0.1, 0.15) is 32.6 Å². The first-order chi connectivity index (χ1) is 9.16. The number of rotatable bonds is 5. The fourth-order valence-corrected chi connectivity index (χ4v) is 2.01. The van der Waals surface area contributed by atoms with E-state index in [-0.39, 0.29) is 11.9 Å². The zero-order valence-electron chi connectivity index (χ0n) is 10.9. The van der Waals surface area contributed by atoms with E-state index in [1.165, 1.54) is 12.1 Å². The maximum Gasteiger partial charge on any atom is 0.284 e. The summed E-state index contributed by atoms with van der Waals surface area (Å²) < 4.78 is 18.6. The molecule has 0 bridgehead atoms. The Labute approximate surface area is 111 Å². The quantitative estimate of drug-likeness (QED) is 0.834. The molecule has 1 aromatic carbocycles. The molecule has 0 aromatic heterocycles. The Kier molecular flexibility index (Phi) is 4.74. The first-order valence-corrected chi connectivity index (χ1v) is 6.53. The van der Waals surface area contributed by atoms with Crippen molar-refractivity contribution in [3.63, 3.8) is 0 Å². The number of para-hydroxylation sites is 1. The number of hydroxylamine groups is 1. The van der Waals surface area contributed by atoms with Crippen molar-refractivity contribution in [2.75, 3.05) is 0 Å². The molecule has 4 nitrogen and oxygen atoms in total. The molecule has 0 radical (unpaired) electrons. The van der Waals surface area contributed by atoms with Gasteiger partial charge < -0.3 is 4.74 Å². The predicted molar refractivity (Wildman–Crippen MR) is 68.0 cm³/mol. The molecule has 0 saturated heterocycles. The highest BCUT2D eigenvalue weighted by Gasteiger charge is 2.20. The van der Waals surface area contributed by atoms with Crippen LogP contribution in [0.5, 0.6) is 5.75 Å². The maximum atomic E-state index is 13.4. The van der Waals surface area contributed by atoms with Crippen LogP contribution in [0.3, 0.4) is 0 Å². The van der Waals surface area contributed by atoms with Gasteiger partial charge in [-0.1, -0.05) is 25.0 Å². The van der Waals surface area contributed by atoms with Crippen LogP contribution in [-0.2, 0) is 9.63 Å². The summed E-state index contributed by atoms with van der Waals surface area (Å²) in [5, 5.41) is 0. The lowest BCUT2D eigenvalue weighted by atomic mass is 10.3. The minimum Gasteiger partial charge on any atom is -0.478 e. The smallest absolute Gasteiger partial charge is 0.284 e. The molecular weight excluding hydrogens is 249 g/mol. The lowest BCUT2D eigenvalue weighted by molar-refractivity contribution is -0.144. The fraction of sp³-hybridized carbons (Fsp3) is 0.500. The van der Waals surface area contributed by atoms with Crippen molar-refractivity contribution in [2.24, 2.45) is 0 Å². The van der Waals surface area contributed by atoms with E-state index in [1.807, 2.05) is 0 Å². The third kappa shape index (κ3) is 3.92. The van der Waals surface area contributed by atoms with Gasteiger partial charge in [-0.2, -0.15) is 0 Å². The summed E-state index contributed by atoms with van der Waals surface area (Å²) in [5.74, 6) is -0.833. The summed E-state index contributed by atoms with van der Waals surface area (Å²) >= 11 is 0. The van der Waals surface area contributed by atoms with Gasteiger partial charge in [-0.3, -0.25) is 9.63 Å². The molecule has 1 N–H and O–H groups in total. The molecule has 1 amide bonds. The standard InChI is InChI=1S/C14H18FNO3/c1-10(18-13-9-5-4-8-12(13)15)14(17)16-19-11-6-2-3-7-11/h4-5,8-11H,2-3,6-7H2,1H3,(H,16,17). The molecule has 0 aliphatic heterocycles. The number of ether oxygens (including phenoxy) is 1. The van der Waals surface area contributed by atoms with Gasteiger partial charge in [-0.05, 0) is 31.9 Å². The van der Waals surface area contributed by atoms with E-state index < -0.39 is 17.8 Å². The number of nitrogens with one attached hydrogen (secondary N) is 1. The Morgan fingerprint density at radius 3 is 2.74 bits per heavy atom. The van der Waals surface area contributed by atoms with Crippen molar-refractivity contribution in [3.05, 3.63) is 30.1 Å². The van der Waals surface area contributed by atoms with E-state index in [0.29, 0.717) is 0 Å². The minimum absolute atomic E-state index is 0.0611. The van der Waals surface area contributed by atoms with E-state index in [0.717, 1.165) is 25.7 Å². The van der Waals surface area contributed by atoms with E-state index >= 15 is 0 Å². The Hall–Kier alpha value is -1.62. The highest BCUT2D eigenvalue weighted by atomic mass is 19.1. The van der Waals surface area contributed by atoms with Crippen LogP contribution in [0.4, 0.5) is 4.39 Å². The van der Waals surface area contributed by atoms with Crippen molar-refractivity contribution in [1.82, 2.24) is 5.48 Å². The molecule has 0 spiro atoms. The number of benzene rings is 1. The second-order valence-corrected chi connectivity index (χ2v) is 4.68. The van der Waals surface area contributed by atoms with Crippen LogP contribution < -0.4 is 10.2 Å². The molecule has 2 rings (SSSR count). The molecule has 5 heteroatoms. The molecular formula is C14H18FNO3. The van der Waals surface area contributed by atoms with Gasteiger partial charge in [0.2, 0.25) is 0 Å². The van der Waals surface area contributed by atoms with Gasteiger partial charge in [-0.15, -0.1) is 0 Å². The van der Waals surface area contributed by atoms with E-state index in [4.69, 9.17) is 9.57 Å². The second-order valence-electron chi connectivity index (χ2n) is 4.68. The van der Waals surface area contributed by atoms with Crippen molar-refractivity contribution in [2.45, 2.75) is 44.8 Å². The molecule has 1 fully saturated rings. The number of carbonyl (C=O) groups excluding carboxylic acids is 1. The van der Waals surface area contributed by atoms with Crippen molar-refractivity contribution in [3.8, 4) is 5.75 Å². The molecule has 1 atom stereocenters. The predicted octanol–water partition coefficient (Wildman–Crippen LogP) is 2.58. The summed E-state index contributed by atoms with van der Waals surface area (Å²) in [6, 6.07) is 5.99. The van der Waals surface area contributed by atoms with Crippen LogP contribution in [-0.4, -0.2) is 18.1 Å². The monoisotopic (exact) mass is 267 g/mol. The molecule has 1 aliphatic rings. The SMILES string of the molecule is CC(Oc1ccccc1F)C(=O)NOC1CCCC1. The Bertz CT molecular complexity index is 432. The number of halogens is 1. The maximum absolute atomic E-state index is 13.4. The average Bonchev–Trinajstić information content (AvgIpc) is 2.91. The van der Waals surface area contributed by atoms with E-state index in [1.54, 1.807) is 19.1 Å². The summed E-state index contributed by atoms with van der Waals surface area (Å²) in [6.45, 7) is 1.56. The lowest BCUT2D eigenvalue weighted by Gasteiger charge is -2.16. The van der Waals surface area contributed by atoms with Gasteiger partial charge in [0.15, 0.2) is 17.7 Å². The Morgan fingerprint density at radius 1 is 1.37 bits per heavy atom. The molecule has 1 unspecified atom stereocenters. The second kappa shape index (κ2) is 6.52. The molecule has 1 aromatic rings. The van der Waals surface area contributed by atoms with Crippen molar-refractivity contribution < 1.29 is 18.8 Å². The fourth-order valence-electron chi connectivity index (χ4n) is 2.01. The van der Waals surface area contributed by atoms with Gasteiger partial charge in [0.25, 0.3) is 5.91 Å². The zero-order chi connectivity index (χ0) is 13.7. The molecule has 0 heterocycles. The van der Waals surface area contributed by atoms with E-state index in [2.05, 4.69) is 5.48 Å². The lowest BCUT2D eigenvalue weighted by Crippen LogP contribution is -2.38. The van der Waals surface area contributed by atoms with Crippen molar-refractivity contribution >= 4 is 5.91 Å². The number of amides is 1. The van der Waals surface area contributed by atoms with Gasteiger partial charge in [0, 0.05) is 0 Å². The first kappa shape index (κ1) is 13.8. The Morgan fingerprint density at radius 2 is 2.05 bits per heavy atom. The number of carbonyl (C=O) groups is 1. The molecule has 104 valence electrons. The molecule has 1 saturated carbocycles. The highest BCUT2D eigenvalue weighted by Crippen LogP contribution is 2.20. The van der Waals surface area contributed by atoms with Gasteiger partial charge in [-0.25, -0.2) is 9.87 Å². The minimum atomic E-state index is -0.807. The first-order valence-electron chi connectivity index (χ1n) is 6.53. The Balaban J connectivity index is 1.80.